The van der Waals surface area contributed by atoms with E-state index in [1.165, 1.54) is 12.1 Å². The third-order valence-corrected chi connectivity index (χ3v) is 4.93. The summed E-state index contributed by atoms with van der Waals surface area (Å²) in [4.78, 5) is 31.1. The van der Waals surface area contributed by atoms with Crippen molar-refractivity contribution in [2.45, 2.75) is 26.3 Å². The molecular weight excluding hydrogens is 345 g/mol. The summed E-state index contributed by atoms with van der Waals surface area (Å²) >= 11 is 0. The van der Waals surface area contributed by atoms with E-state index < -0.39 is 5.92 Å². The topological polar surface area (TPSA) is 62.3 Å². The van der Waals surface area contributed by atoms with Crippen LogP contribution < -0.4 is 5.32 Å². The van der Waals surface area contributed by atoms with Crippen LogP contribution in [0.15, 0.2) is 48.8 Å². The maximum Gasteiger partial charge on any atom is 0.225 e. The highest BCUT2D eigenvalue weighted by Crippen LogP contribution is 2.34. The minimum absolute atomic E-state index is 0.0129. The highest BCUT2D eigenvalue weighted by Gasteiger charge is 2.40. The van der Waals surface area contributed by atoms with Gasteiger partial charge in [0.15, 0.2) is 0 Å². The fourth-order valence-electron chi connectivity index (χ4n) is 3.51. The van der Waals surface area contributed by atoms with E-state index in [0.717, 1.165) is 11.1 Å². The van der Waals surface area contributed by atoms with E-state index in [1.54, 1.807) is 23.4 Å². The summed E-state index contributed by atoms with van der Waals surface area (Å²) in [6.45, 7) is 4.82. The molecule has 2 amide bonds. The molecular formula is C21H24FN3O2. The van der Waals surface area contributed by atoms with E-state index in [2.05, 4.69) is 10.3 Å². The zero-order valence-electron chi connectivity index (χ0n) is 15.6. The molecule has 1 aromatic heterocycles. The van der Waals surface area contributed by atoms with Gasteiger partial charge < -0.3 is 10.2 Å². The van der Waals surface area contributed by atoms with Crippen LogP contribution in [0.2, 0.25) is 0 Å². The van der Waals surface area contributed by atoms with E-state index in [9.17, 15) is 14.0 Å². The van der Waals surface area contributed by atoms with Crippen molar-refractivity contribution in [3.63, 3.8) is 0 Å². The summed E-state index contributed by atoms with van der Waals surface area (Å²) in [5.74, 6) is -1.24. The molecule has 1 saturated heterocycles. The third-order valence-electron chi connectivity index (χ3n) is 4.93. The van der Waals surface area contributed by atoms with Gasteiger partial charge in [-0.1, -0.05) is 32.0 Å². The summed E-state index contributed by atoms with van der Waals surface area (Å²) in [5, 5.41) is 2.93. The van der Waals surface area contributed by atoms with Crippen LogP contribution in [0.1, 0.15) is 30.9 Å². The van der Waals surface area contributed by atoms with E-state index in [1.807, 2.05) is 32.0 Å². The Balaban J connectivity index is 1.78. The van der Waals surface area contributed by atoms with Crippen LogP contribution in [0, 0.1) is 17.7 Å². The molecule has 6 heteroatoms. The van der Waals surface area contributed by atoms with Crippen molar-refractivity contribution in [3.05, 3.63) is 65.7 Å². The molecule has 2 atom stereocenters. The van der Waals surface area contributed by atoms with Gasteiger partial charge in [0.05, 0.1) is 5.92 Å². The quantitative estimate of drug-likeness (QED) is 0.882. The van der Waals surface area contributed by atoms with Crippen molar-refractivity contribution < 1.29 is 14.0 Å². The molecule has 27 heavy (non-hydrogen) atoms. The lowest BCUT2D eigenvalue weighted by Gasteiger charge is -2.18. The van der Waals surface area contributed by atoms with Gasteiger partial charge in [-0.05, 0) is 29.3 Å². The van der Waals surface area contributed by atoms with Gasteiger partial charge in [-0.15, -0.1) is 0 Å². The number of rotatable bonds is 5. The minimum Gasteiger partial charge on any atom is -0.352 e. The molecule has 1 fully saturated rings. The van der Waals surface area contributed by atoms with Crippen LogP contribution in [-0.4, -0.2) is 34.8 Å². The maximum absolute atomic E-state index is 13.7. The molecule has 1 aliphatic rings. The third kappa shape index (κ3) is 4.51. The number of nitrogens with zero attached hydrogens (tertiary/aromatic N) is 2. The van der Waals surface area contributed by atoms with Gasteiger partial charge in [0, 0.05) is 43.9 Å². The number of carbonyl (C=O) groups is 2. The second-order valence-electron chi connectivity index (χ2n) is 7.24. The Morgan fingerprint density at radius 2 is 2.07 bits per heavy atom. The molecule has 1 aromatic carbocycles. The molecule has 0 radical (unpaired) electrons. The van der Waals surface area contributed by atoms with Gasteiger partial charge in [-0.3, -0.25) is 14.6 Å². The second-order valence-corrected chi connectivity index (χ2v) is 7.24. The summed E-state index contributed by atoms with van der Waals surface area (Å²) in [6.07, 6.45) is 3.38. The molecule has 2 unspecified atom stereocenters. The molecule has 3 rings (SSSR count). The Kier molecular flexibility index (Phi) is 5.84. The van der Waals surface area contributed by atoms with Crippen molar-refractivity contribution in [2.24, 2.45) is 11.8 Å². The Hall–Kier alpha value is -2.76. The number of likely N-dealkylation sites (tertiary alicyclic amines) is 1. The number of halogens is 1. The molecule has 142 valence electrons. The maximum atomic E-state index is 13.7. The second kappa shape index (κ2) is 8.29. The molecule has 2 aromatic rings. The number of amides is 2. The smallest absolute Gasteiger partial charge is 0.225 e. The lowest BCUT2D eigenvalue weighted by molar-refractivity contribution is -0.133. The number of hydrogen-bond acceptors (Lipinski definition) is 3. The summed E-state index contributed by atoms with van der Waals surface area (Å²) < 4.78 is 13.7. The van der Waals surface area contributed by atoms with E-state index in [0.29, 0.717) is 19.6 Å². The fraction of sp³-hybridized carbons (Fsp3) is 0.381. The van der Waals surface area contributed by atoms with Gasteiger partial charge in [0.1, 0.15) is 5.82 Å². The number of hydrogen-bond donors (Lipinski definition) is 1. The Morgan fingerprint density at radius 1 is 1.26 bits per heavy atom. The van der Waals surface area contributed by atoms with Crippen molar-refractivity contribution in [1.29, 1.82) is 0 Å². The van der Waals surface area contributed by atoms with Crippen molar-refractivity contribution in [3.8, 4) is 0 Å². The van der Waals surface area contributed by atoms with Gasteiger partial charge in [-0.2, -0.15) is 0 Å². The molecule has 5 nitrogen and oxygen atoms in total. The van der Waals surface area contributed by atoms with E-state index in [4.69, 9.17) is 0 Å². The van der Waals surface area contributed by atoms with Crippen LogP contribution in [0.4, 0.5) is 4.39 Å². The first-order chi connectivity index (χ1) is 13.0. The lowest BCUT2D eigenvalue weighted by atomic mass is 9.88. The number of benzene rings is 1. The normalized spacial score (nSPS) is 19.3. The first-order valence-electron chi connectivity index (χ1n) is 9.16. The van der Waals surface area contributed by atoms with Crippen molar-refractivity contribution in [1.82, 2.24) is 15.2 Å². The molecule has 0 bridgehead atoms. The van der Waals surface area contributed by atoms with E-state index in [-0.39, 0.29) is 29.5 Å². The van der Waals surface area contributed by atoms with Crippen LogP contribution in [-0.2, 0) is 16.1 Å². The SMILES string of the molecule is CC(C)C(=O)N1CC(C(=O)NCc2cccnc2)C(c2cccc(F)c2)C1. The molecule has 0 spiro atoms. The van der Waals surface area contributed by atoms with Crippen LogP contribution in [0.3, 0.4) is 0 Å². The first-order valence-corrected chi connectivity index (χ1v) is 9.16. The lowest BCUT2D eigenvalue weighted by Crippen LogP contribution is -2.36. The Labute approximate surface area is 158 Å². The highest BCUT2D eigenvalue weighted by molar-refractivity contribution is 5.84. The van der Waals surface area contributed by atoms with Crippen molar-refractivity contribution >= 4 is 11.8 Å². The molecule has 2 heterocycles. The van der Waals surface area contributed by atoms with Crippen LogP contribution in [0.5, 0.6) is 0 Å². The molecule has 1 aliphatic heterocycles. The van der Waals surface area contributed by atoms with Gasteiger partial charge >= 0.3 is 0 Å². The Bertz CT molecular complexity index is 810. The average molecular weight is 369 g/mol. The van der Waals surface area contributed by atoms with Crippen molar-refractivity contribution in [2.75, 3.05) is 13.1 Å². The summed E-state index contributed by atoms with van der Waals surface area (Å²) in [7, 11) is 0. The zero-order chi connectivity index (χ0) is 19.4. The largest absolute Gasteiger partial charge is 0.352 e. The standard InChI is InChI=1S/C21H24FN3O2/c1-14(2)21(27)25-12-18(16-6-3-7-17(22)9-16)19(13-25)20(26)24-11-15-5-4-8-23-10-15/h3-10,14,18-19H,11-13H2,1-2H3,(H,24,26). The van der Waals surface area contributed by atoms with E-state index >= 15 is 0 Å². The van der Waals surface area contributed by atoms with Crippen LogP contribution in [0.25, 0.3) is 0 Å². The fourth-order valence-corrected chi connectivity index (χ4v) is 3.51. The number of nitrogens with one attached hydrogen (secondary N) is 1. The monoisotopic (exact) mass is 369 g/mol. The van der Waals surface area contributed by atoms with Gasteiger partial charge in [0.25, 0.3) is 0 Å². The predicted molar refractivity (Wildman–Crippen MR) is 100 cm³/mol. The molecule has 1 N–H and O–H groups in total. The highest BCUT2D eigenvalue weighted by atomic mass is 19.1. The molecule has 0 saturated carbocycles. The first kappa shape index (κ1) is 19.0. The summed E-state index contributed by atoms with van der Waals surface area (Å²) in [6, 6.07) is 10.00. The number of carbonyl (C=O) groups excluding carboxylic acids is 2. The van der Waals surface area contributed by atoms with Gasteiger partial charge in [0.2, 0.25) is 11.8 Å². The summed E-state index contributed by atoms with van der Waals surface area (Å²) in [5.41, 5.74) is 1.65. The average Bonchev–Trinajstić information content (AvgIpc) is 3.11. The van der Waals surface area contributed by atoms with Gasteiger partial charge in [-0.25, -0.2) is 4.39 Å². The minimum atomic E-state index is -0.411. The Morgan fingerprint density at radius 3 is 2.74 bits per heavy atom. The molecule has 0 aliphatic carbocycles. The number of aromatic nitrogens is 1. The number of pyridine rings is 1. The van der Waals surface area contributed by atoms with Crippen LogP contribution >= 0.6 is 0 Å². The zero-order valence-corrected chi connectivity index (χ0v) is 15.6. The predicted octanol–water partition coefficient (Wildman–Crippen LogP) is 2.74.